The minimum absolute atomic E-state index is 0.0134. The molecule has 0 aliphatic heterocycles. The van der Waals surface area contributed by atoms with Crippen molar-refractivity contribution in [3.8, 4) is 0 Å². The largest absolute Gasteiger partial charge is 0.326 e. The third kappa shape index (κ3) is 5.02. The zero-order valence-corrected chi connectivity index (χ0v) is 15.7. The topological polar surface area (TPSA) is 114 Å². The SMILES string of the molecule is CC(=O)Nc1cccc(NC(=O)CSc2nc3ccc([N+](=O)[O-])cc3s2)c1. The minimum Gasteiger partial charge on any atom is -0.326 e. The van der Waals surface area contributed by atoms with Crippen LogP contribution in [-0.2, 0) is 9.59 Å². The number of nitrogens with one attached hydrogen (secondary N) is 2. The van der Waals surface area contributed by atoms with Gasteiger partial charge in [0.15, 0.2) is 4.34 Å². The van der Waals surface area contributed by atoms with Crippen LogP contribution in [0, 0.1) is 10.1 Å². The third-order valence-corrected chi connectivity index (χ3v) is 5.52. The molecule has 3 aromatic rings. The van der Waals surface area contributed by atoms with Gasteiger partial charge in [-0.2, -0.15) is 0 Å². The summed E-state index contributed by atoms with van der Waals surface area (Å²) in [4.78, 5) is 38.0. The van der Waals surface area contributed by atoms with Crippen molar-refractivity contribution in [3.63, 3.8) is 0 Å². The number of nitrogens with zero attached hydrogens (tertiary/aromatic N) is 2. The Kier molecular flexibility index (Phi) is 5.67. The number of rotatable bonds is 6. The van der Waals surface area contributed by atoms with E-state index in [2.05, 4.69) is 15.6 Å². The van der Waals surface area contributed by atoms with E-state index in [1.54, 1.807) is 30.3 Å². The lowest BCUT2D eigenvalue weighted by atomic mass is 10.2. The van der Waals surface area contributed by atoms with Crippen LogP contribution in [0.5, 0.6) is 0 Å². The lowest BCUT2D eigenvalue weighted by Crippen LogP contribution is -2.14. The van der Waals surface area contributed by atoms with Crippen molar-refractivity contribution >= 4 is 62.2 Å². The summed E-state index contributed by atoms with van der Waals surface area (Å²) in [6.07, 6.45) is 0. The van der Waals surface area contributed by atoms with E-state index in [1.165, 1.54) is 42.2 Å². The molecule has 10 heteroatoms. The first-order valence-electron chi connectivity index (χ1n) is 7.76. The Hall–Kier alpha value is -2.98. The molecule has 138 valence electrons. The van der Waals surface area contributed by atoms with Gasteiger partial charge in [0.05, 0.1) is 20.9 Å². The second kappa shape index (κ2) is 8.14. The Morgan fingerprint density at radius 3 is 2.63 bits per heavy atom. The molecule has 0 aliphatic carbocycles. The molecular formula is C17H14N4O4S2. The maximum atomic E-state index is 12.1. The van der Waals surface area contributed by atoms with Crippen LogP contribution in [0.25, 0.3) is 10.2 Å². The summed E-state index contributed by atoms with van der Waals surface area (Å²) in [6.45, 7) is 1.41. The monoisotopic (exact) mass is 402 g/mol. The van der Waals surface area contributed by atoms with Crippen molar-refractivity contribution in [2.45, 2.75) is 11.3 Å². The number of fused-ring (bicyclic) bond motifs is 1. The Labute approximate surface area is 162 Å². The number of anilines is 2. The van der Waals surface area contributed by atoms with Gasteiger partial charge in [-0.3, -0.25) is 19.7 Å². The molecule has 0 unspecified atom stereocenters. The van der Waals surface area contributed by atoms with Gasteiger partial charge in [-0.1, -0.05) is 17.8 Å². The van der Waals surface area contributed by atoms with E-state index in [0.29, 0.717) is 25.9 Å². The van der Waals surface area contributed by atoms with Crippen molar-refractivity contribution in [2.24, 2.45) is 0 Å². The van der Waals surface area contributed by atoms with Crippen LogP contribution in [0.3, 0.4) is 0 Å². The fourth-order valence-electron chi connectivity index (χ4n) is 2.27. The Morgan fingerprint density at radius 1 is 1.19 bits per heavy atom. The summed E-state index contributed by atoms with van der Waals surface area (Å²) in [7, 11) is 0. The standard InChI is InChI=1S/C17H14N4O4S2/c1-10(22)18-11-3-2-4-12(7-11)19-16(23)9-26-17-20-14-6-5-13(21(24)25)8-15(14)27-17/h2-8H,9H2,1H3,(H,18,22)(H,19,23). The van der Waals surface area contributed by atoms with E-state index in [9.17, 15) is 19.7 Å². The third-order valence-electron chi connectivity index (χ3n) is 3.36. The average molecular weight is 402 g/mol. The van der Waals surface area contributed by atoms with Crippen LogP contribution in [0.2, 0.25) is 0 Å². The van der Waals surface area contributed by atoms with Crippen molar-refractivity contribution in [1.29, 1.82) is 0 Å². The summed E-state index contributed by atoms with van der Waals surface area (Å²) in [5, 5.41) is 16.2. The number of benzene rings is 2. The van der Waals surface area contributed by atoms with Gasteiger partial charge in [0.1, 0.15) is 0 Å². The number of hydrogen-bond donors (Lipinski definition) is 2. The Balaban J connectivity index is 1.61. The first kappa shape index (κ1) is 18.8. The maximum Gasteiger partial charge on any atom is 0.270 e. The summed E-state index contributed by atoms with van der Waals surface area (Å²) in [5.41, 5.74) is 1.85. The van der Waals surface area contributed by atoms with Crippen LogP contribution in [0.4, 0.5) is 17.1 Å². The summed E-state index contributed by atoms with van der Waals surface area (Å²) in [6, 6.07) is 11.3. The van der Waals surface area contributed by atoms with Crippen molar-refractivity contribution in [2.75, 3.05) is 16.4 Å². The number of nitro groups is 1. The first-order valence-corrected chi connectivity index (χ1v) is 9.56. The molecule has 0 spiro atoms. The Morgan fingerprint density at radius 2 is 1.93 bits per heavy atom. The average Bonchev–Trinajstić information content (AvgIpc) is 3.01. The summed E-state index contributed by atoms with van der Waals surface area (Å²) < 4.78 is 1.36. The van der Waals surface area contributed by atoms with E-state index in [4.69, 9.17) is 0 Å². The van der Waals surface area contributed by atoms with Gasteiger partial charge >= 0.3 is 0 Å². The predicted molar refractivity (Wildman–Crippen MR) is 106 cm³/mol. The van der Waals surface area contributed by atoms with Crippen LogP contribution in [-0.4, -0.2) is 27.5 Å². The number of amides is 2. The van der Waals surface area contributed by atoms with Crippen LogP contribution >= 0.6 is 23.1 Å². The number of carbonyl (C=O) groups is 2. The molecule has 0 atom stereocenters. The molecule has 2 amide bonds. The molecule has 0 aliphatic rings. The number of thioether (sulfide) groups is 1. The zero-order chi connectivity index (χ0) is 19.4. The highest BCUT2D eigenvalue weighted by Crippen LogP contribution is 2.31. The van der Waals surface area contributed by atoms with Crippen molar-refractivity contribution in [1.82, 2.24) is 4.98 Å². The second-order valence-electron chi connectivity index (χ2n) is 5.49. The number of carbonyl (C=O) groups excluding carboxylic acids is 2. The molecule has 8 nitrogen and oxygen atoms in total. The smallest absolute Gasteiger partial charge is 0.270 e. The molecular weight excluding hydrogens is 388 g/mol. The molecule has 0 saturated carbocycles. The van der Waals surface area contributed by atoms with Gasteiger partial charge in [-0.25, -0.2) is 4.98 Å². The number of non-ortho nitro benzene ring substituents is 1. The van der Waals surface area contributed by atoms with Crippen LogP contribution < -0.4 is 10.6 Å². The van der Waals surface area contributed by atoms with E-state index in [-0.39, 0.29) is 23.3 Å². The lowest BCUT2D eigenvalue weighted by Gasteiger charge is -2.07. The molecule has 27 heavy (non-hydrogen) atoms. The molecule has 2 N–H and O–H groups in total. The molecule has 2 aromatic carbocycles. The Bertz CT molecular complexity index is 1030. The molecule has 3 rings (SSSR count). The molecule has 0 saturated heterocycles. The number of thiazole rings is 1. The fourth-order valence-corrected chi connectivity index (χ4v) is 4.17. The highest BCUT2D eigenvalue weighted by Gasteiger charge is 2.12. The van der Waals surface area contributed by atoms with Gasteiger partial charge in [0.25, 0.3) is 5.69 Å². The molecule has 1 aromatic heterocycles. The normalized spacial score (nSPS) is 10.6. The van der Waals surface area contributed by atoms with Gasteiger partial charge < -0.3 is 10.6 Å². The number of nitro benzene ring substituents is 1. The quantitative estimate of drug-likeness (QED) is 0.367. The minimum atomic E-state index is -0.450. The predicted octanol–water partition coefficient (Wildman–Crippen LogP) is 3.89. The van der Waals surface area contributed by atoms with E-state index < -0.39 is 4.92 Å². The number of aromatic nitrogens is 1. The molecule has 0 bridgehead atoms. The first-order chi connectivity index (χ1) is 12.9. The van der Waals surface area contributed by atoms with Crippen LogP contribution in [0.1, 0.15) is 6.92 Å². The highest BCUT2D eigenvalue weighted by molar-refractivity contribution is 8.01. The van der Waals surface area contributed by atoms with E-state index >= 15 is 0 Å². The molecule has 0 radical (unpaired) electrons. The van der Waals surface area contributed by atoms with Gasteiger partial charge in [0.2, 0.25) is 11.8 Å². The maximum absolute atomic E-state index is 12.1. The van der Waals surface area contributed by atoms with E-state index in [0.717, 1.165) is 0 Å². The van der Waals surface area contributed by atoms with Crippen LogP contribution in [0.15, 0.2) is 46.8 Å². The van der Waals surface area contributed by atoms with Gasteiger partial charge in [-0.05, 0) is 24.3 Å². The van der Waals surface area contributed by atoms with Gasteiger partial charge in [0, 0.05) is 30.4 Å². The zero-order valence-electron chi connectivity index (χ0n) is 14.1. The second-order valence-corrected chi connectivity index (χ2v) is 7.74. The lowest BCUT2D eigenvalue weighted by molar-refractivity contribution is -0.384. The highest BCUT2D eigenvalue weighted by atomic mass is 32.2. The number of hydrogen-bond acceptors (Lipinski definition) is 7. The van der Waals surface area contributed by atoms with Crippen molar-refractivity contribution in [3.05, 3.63) is 52.6 Å². The van der Waals surface area contributed by atoms with E-state index in [1.807, 2.05) is 0 Å². The molecule has 0 fully saturated rings. The van der Waals surface area contributed by atoms with Gasteiger partial charge in [-0.15, -0.1) is 11.3 Å². The summed E-state index contributed by atoms with van der Waals surface area (Å²) >= 11 is 2.56. The fraction of sp³-hybridized carbons (Fsp3) is 0.118. The van der Waals surface area contributed by atoms with Crippen molar-refractivity contribution < 1.29 is 14.5 Å². The summed E-state index contributed by atoms with van der Waals surface area (Å²) in [5.74, 6) is -0.262. The molecule has 1 heterocycles.